The van der Waals surface area contributed by atoms with E-state index in [-0.39, 0.29) is 17.9 Å². The SMILES string of the molecule is O=C(c1cccc(-c2ccco2)c1)N1CCC(O)(c2ccccc2)[C@H]2CCCC[C@@H]21. The summed E-state index contributed by atoms with van der Waals surface area (Å²) in [4.78, 5) is 15.6. The molecule has 2 heterocycles. The molecule has 1 N–H and O–H groups in total. The minimum Gasteiger partial charge on any atom is -0.464 e. The molecule has 1 saturated carbocycles. The molecule has 4 heteroatoms. The highest BCUT2D eigenvalue weighted by atomic mass is 16.3. The van der Waals surface area contributed by atoms with Crippen molar-refractivity contribution in [2.24, 2.45) is 5.92 Å². The van der Waals surface area contributed by atoms with Crippen LogP contribution < -0.4 is 0 Å². The van der Waals surface area contributed by atoms with E-state index in [9.17, 15) is 9.90 Å². The van der Waals surface area contributed by atoms with Crippen LogP contribution in [0.2, 0.25) is 0 Å². The maximum absolute atomic E-state index is 13.5. The van der Waals surface area contributed by atoms with Gasteiger partial charge in [-0.1, -0.05) is 55.3 Å². The summed E-state index contributed by atoms with van der Waals surface area (Å²) in [5.41, 5.74) is 1.70. The zero-order valence-corrected chi connectivity index (χ0v) is 17.0. The lowest BCUT2D eigenvalue weighted by Gasteiger charge is -2.52. The Labute approximate surface area is 177 Å². The maximum Gasteiger partial charge on any atom is 0.254 e. The van der Waals surface area contributed by atoms with Crippen molar-refractivity contribution in [3.8, 4) is 11.3 Å². The van der Waals surface area contributed by atoms with Crippen LogP contribution >= 0.6 is 0 Å². The molecule has 0 radical (unpaired) electrons. The van der Waals surface area contributed by atoms with E-state index in [1.807, 2.05) is 71.6 Å². The number of aliphatic hydroxyl groups is 1. The number of furan rings is 1. The molecule has 0 spiro atoms. The first-order valence-corrected chi connectivity index (χ1v) is 10.9. The molecule has 5 rings (SSSR count). The van der Waals surface area contributed by atoms with Gasteiger partial charge in [0.2, 0.25) is 0 Å². The number of nitrogens with zero attached hydrogens (tertiary/aromatic N) is 1. The van der Waals surface area contributed by atoms with Gasteiger partial charge in [-0.3, -0.25) is 4.79 Å². The second-order valence-electron chi connectivity index (χ2n) is 8.56. The molecule has 1 aromatic heterocycles. The standard InChI is InChI=1S/C26H27NO3/c28-25(20-9-6-8-19(18-20)24-14-7-17-30-24)27-16-15-26(29,21-10-2-1-3-11-21)22-12-4-5-13-23(22)27/h1-3,6-11,14,17-18,22-23,29H,4-5,12-13,15-16H2/t22-,23-,26?/m0/s1. The molecule has 2 fully saturated rings. The summed E-state index contributed by atoms with van der Waals surface area (Å²) in [7, 11) is 0. The molecule has 2 aromatic carbocycles. The van der Waals surface area contributed by atoms with Gasteiger partial charge in [-0.05, 0) is 49.1 Å². The second-order valence-corrected chi connectivity index (χ2v) is 8.56. The Kier molecular flexibility index (Phi) is 4.95. The Hall–Kier alpha value is -2.85. The van der Waals surface area contributed by atoms with Crippen LogP contribution in [0.3, 0.4) is 0 Å². The quantitative estimate of drug-likeness (QED) is 0.653. The van der Waals surface area contributed by atoms with Crippen LogP contribution in [-0.2, 0) is 5.60 Å². The molecule has 30 heavy (non-hydrogen) atoms. The third-order valence-corrected chi connectivity index (χ3v) is 6.93. The van der Waals surface area contributed by atoms with Gasteiger partial charge in [0.25, 0.3) is 5.91 Å². The van der Waals surface area contributed by atoms with Crippen molar-refractivity contribution < 1.29 is 14.3 Å². The van der Waals surface area contributed by atoms with Crippen molar-refractivity contribution in [3.63, 3.8) is 0 Å². The Morgan fingerprint density at radius 1 is 1.00 bits per heavy atom. The Morgan fingerprint density at radius 2 is 1.83 bits per heavy atom. The summed E-state index contributed by atoms with van der Waals surface area (Å²) in [6.45, 7) is 0.566. The van der Waals surface area contributed by atoms with E-state index in [0.29, 0.717) is 18.5 Å². The third kappa shape index (κ3) is 3.25. The third-order valence-electron chi connectivity index (χ3n) is 6.93. The van der Waals surface area contributed by atoms with Crippen LogP contribution in [0.5, 0.6) is 0 Å². The van der Waals surface area contributed by atoms with Gasteiger partial charge in [-0.15, -0.1) is 0 Å². The molecule has 1 unspecified atom stereocenters. The number of carbonyl (C=O) groups excluding carboxylic acids is 1. The second kappa shape index (κ2) is 7.77. The lowest BCUT2D eigenvalue weighted by Crippen LogP contribution is -2.59. The van der Waals surface area contributed by atoms with Crippen molar-refractivity contribution in [3.05, 3.63) is 84.1 Å². The molecule has 3 atom stereocenters. The van der Waals surface area contributed by atoms with Crippen LogP contribution in [0.1, 0.15) is 48.0 Å². The predicted octanol–water partition coefficient (Wildman–Crippen LogP) is 5.24. The summed E-state index contributed by atoms with van der Waals surface area (Å²) in [5, 5.41) is 11.7. The van der Waals surface area contributed by atoms with Crippen LogP contribution in [0.25, 0.3) is 11.3 Å². The first-order valence-electron chi connectivity index (χ1n) is 10.9. The van der Waals surface area contributed by atoms with E-state index in [4.69, 9.17) is 4.42 Å². The molecule has 1 amide bonds. The number of piperidine rings is 1. The van der Waals surface area contributed by atoms with Gasteiger partial charge in [-0.25, -0.2) is 0 Å². The van der Waals surface area contributed by atoms with Crippen molar-refractivity contribution in [1.29, 1.82) is 0 Å². The molecule has 4 nitrogen and oxygen atoms in total. The maximum atomic E-state index is 13.5. The molecule has 1 saturated heterocycles. The van der Waals surface area contributed by atoms with Crippen molar-refractivity contribution in [2.75, 3.05) is 6.54 Å². The summed E-state index contributed by atoms with van der Waals surface area (Å²) in [6.07, 6.45) is 6.32. The minimum atomic E-state index is -0.862. The van der Waals surface area contributed by atoms with Crippen molar-refractivity contribution in [1.82, 2.24) is 4.90 Å². The smallest absolute Gasteiger partial charge is 0.254 e. The Morgan fingerprint density at radius 3 is 2.63 bits per heavy atom. The van der Waals surface area contributed by atoms with E-state index >= 15 is 0 Å². The number of fused-ring (bicyclic) bond motifs is 1. The summed E-state index contributed by atoms with van der Waals surface area (Å²) in [5.74, 6) is 0.882. The lowest BCUT2D eigenvalue weighted by atomic mass is 9.66. The minimum absolute atomic E-state index is 0.0513. The number of rotatable bonds is 3. The zero-order valence-electron chi connectivity index (χ0n) is 17.0. The number of hydrogen-bond donors (Lipinski definition) is 1. The van der Waals surface area contributed by atoms with Gasteiger partial charge in [0.15, 0.2) is 0 Å². The first-order chi connectivity index (χ1) is 14.7. The summed E-state index contributed by atoms with van der Waals surface area (Å²) in [6, 6.07) is 21.5. The fourth-order valence-electron chi connectivity index (χ4n) is 5.43. The van der Waals surface area contributed by atoms with E-state index in [2.05, 4.69) is 0 Å². The molecule has 3 aromatic rings. The molecular formula is C26H27NO3. The van der Waals surface area contributed by atoms with E-state index in [0.717, 1.165) is 42.6 Å². The van der Waals surface area contributed by atoms with Gasteiger partial charge in [0.1, 0.15) is 5.76 Å². The fourth-order valence-corrected chi connectivity index (χ4v) is 5.43. The van der Waals surface area contributed by atoms with Gasteiger partial charge >= 0.3 is 0 Å². The Bertz CT molecular complexity index is 1010. The fraction of sp³-hybridized carbons (Fsp3) is 0.346. The van der Waals surface area contributed by atoms with Gasteiger partial charge in [0, 0.05) is 29.6 Å². The highest BCUT2D eigenvalue weighted by Gasteiger charge is 2.50. The molecule has 154 valence electrons. The molecule has 1 aliphatic carbocycles. The van der Waals surface area contributed by atoms with E-state index in [1.165, 1.54) is 0 Å². The molecule has 2 aliphatic rings. The lowest BCUT2D eigenvalue weighted by molar-refractivity contribution is -0.110. The molecular weight excluding hydrogens is 374 g/mol. The van der Waals surface area contributed by atoms with Gasteiger partial charge < -0.3 is 14.4 Å². The average Bonchev–Trinajstić information content (AvgIpc) is 3.35. The molecule has 0 bridgehead atoms. The van der Waals surface area contributed by atoms with Gasteiger partial charge in [0.05, 0.1) is 11.9 Å². The highest BCUT2D eigenvalue weighted by molar-refractivity contribution is 5.95. The van der Waals surface area contributed by atoms with Crippen LogP contribution in [0, 0.1) is 5.92 Å². The van der Waals surface area contributed by atoms with Crippen molar-refractivity contribution >= 4 is 5.91 Å². The van der Waals surface area contributed by atoms with Crippen LogP contribution in [0.4, 0.5) is 0 Å². The van der Waals surface area contributed by atoms with Crippen LogP contribution in [0.15, 0.2) is 77.4 Å². The number of likely N-dealkylation sites (tertiary alicyclic amines) is 1. The van der Waals surface area contributed by atoms with E-state index < -0.39 is 5.60 Å². The normalized spacial score (nSPS) is 26.2. The largest absolute Gasteiger partial charge is 0.464 e. The molecule has 1 aliphatic heterocycles. The summed E-state index contributed by atoms with van der Waals surface area (Å²) < 4.78 is 5.50. The zero-order chi connectivity index (χ0) is 20.6. The number of benzene rings is 2. The van der Waals surface area contributed by atoms with Crippen molar-refractivity contribution in [2.45, 2.75) is 43.7 Å². The average molecular weight is 402 g/mol. The number of amides is 1. The highest BCUT2D eigenvalue weighted by Crippen LogP contribution is 2.47. The van der Waals surface area contributed by atoms with E-state index in [1.54, 1.807) is 6.26 Å². The topological polar surface area (TPSA) is 53.7 Å². The number of carbonyl (C=O) groups is 1. The Balaban J connectivity index is 1.45. The number of hydrogen-bond acceptors (Lipinski definition) is 3. The van der Waals surface area contributed by atoms with Crippen LogP contribution in [-0.4, -0.2) is 28.5 Å². The monoisotopic (exact) mass is 401 g/mol. The first kappa shape index (κ1) is 19.1. The summed E-state index contributed by atoms with van der Waals surface area (Å²) >= 11 is 0. The predicted molar refractivity (Wildman–Crippen MR) is 116 cm³/mol. The van der Waals surface area contributed by atoms with Gasteiger partial charge in [-0.2, -0.15) is 0 Å².